The molecule has 1 heterocycles. The number of nitrogens with zero attached hydrogens (tertiary/aromatic N) is 2. The maximum absolute atomic E-state index is 11.4. The summed E-state index contributed by atoms with van der Waals surface area (Å²) in [5.41, 5.74) is 0.722. The van der Waals surface area contributed by atoms with Crippen LogP contribution in [0.4, 0.5) is 0 Å². The zero-order valence-electron chi connectivity index (χ0n) is 7.63. The first-order chi connectivity index (χ1) is 5.63. The van der Waals surface area contributed by atoms with Crippen LogP contribution in [-0.2, 0) is 13.1 Å². The summed E-state index contributed by atoms with van der Waals surface area (Å²) >= 11 is 0. The minimum atomic E-state index is -0.0237. The van der Waals surface area contributed by atoms with Crippen LogP contribution in [0, 0.1) is 0 Å². The van der Waals surface area contributed by atoms with E-state index in [2.05, 4.69) is 13.2 Å². The van der Waals surface area contributed by atoms with E-state index in [4.69, 9.17) is 0 Å². The summed E-state index contributed by atoms with van der Waals surface area (Å²) in [6.07, 6.45) is 0. The van der Waals surface area contributed by atoms with Gasteiger partial charge in [-0.3, -0.25) is 9.36 Å². The molecule has 3 heteroatoms. The van der Waals surface area contributed by atoms with Gasteiger partial charge in [-0.1, -0.05) is 13.2 Å². The van der Waals surface area contributed by atoms with Gasteiger partial charge in [0.2, 0.25) is 0 Å². The first-order valence-electron chi connectivity index (χ1n) is 4.10. The lowest BCUT2D eigenvalue weighted by atomic mass is 10.6. The van der Waals surface area contributed by atoms with Crippen molar-refractivity contribution >= 4 is 13.2 Å². The van der Waals surface area contributed by atoms with Gasteiger partial charge in [0.1, 0.15) is 10.8 Å². The first kappa shape index (κ1) is 8.84. The Morgan fingerprint density at radius 2 is 1.67 bits per heavy atom. The molecule has 0 aliphatic heterocycles. The highest BCUT2D eigenvalue weighted by molar-refractivity contribution is 5.02. The zero-order chi connectivity index (χ0) is 9.30. The van der Waals surface area contributed by atoms with Gasteiger partial charge in [0.15, 0.2) is 0 Å². The Labute approximate surface area is 71.3 Å². The maximum atomic E-state index is 11.4. The van der Waals surface area contributed by atoms with Crippen molar-refractivity contribution in [3.63, 3.8) is 0 Å². The van der Waals surface area contributed by atoms with Crippen molar-refractivity contribution < 1.29 is 0 Å². The zero-order valence-corrected chi connectivity index (χ0v) is 7.63. The van der Waals surface area contributed by atoms with E-state index >= 15 is 0 Å². The Balaban J connectivity index is 3.67. The van der Waals surface area contributed by atoms with E-state index in [1.165, 1.54) is 0 Å². The van der Waals surface area contributed by atoms with E-state index in [1.54, 1.807) is 4.57 Å². The Morgan fingerprint density at radius 1 is 1.17 bits per heavy atom. The standard InChI is InChI=1S/C9H14N2O/c1-5-10-7(3)9(12)11(6-2)8(10)4/h3-6H2,1-2H3. The van der Waals surface area contributed by atoms with Crippen LogP contribution in [0.15, 0.2) is 4.79 Å². The molecule has 0 unspecified atom stereocenters. The predicted octanol–water partition coefficient (Wildman–Crippen LogP) is -0.490. The van der Waals surface area contributed by atoms with Gasteiger partial charge in [0.25, 0.3) is 5.56 Å². The van der Waals surface area contributed by atoms with Crippen LogP contribution >= 0.6 is 0 Å². The molecule has 66 valence electrons. The fourth-order valence-corrected chi connectivity index (χ4v) is 1.39. The Hall–Kier alpha value is -1.25. The van der Waals surface area contributed by atoms with Crippen LogP contribution in [0.5, 0.6) is 0 Å². The number of rotatable bonds is 2. The molecule has 3 nitrogen and oxygen atoms in total. The molecule has 1 rings (SSSR count). The van der Waals surface area contributed by atoms with Crippen molar-refractivity contribution in [2.75, 3.05) is 0 Å². The third kappa shape index (κ3) is 1.02. The fourth-order valence-electron chi connectivity index (χ4n) is 1.39. The van der Waals surface area contributed by atoms with Gasteiger partial charge in [-0.25, -0.2) is 0 Å². The maximum Gasteiger partial charge on any atom is 0.275 e. The first-order valence-corrected chi connectivity index (χ1v) is 4.10. The minimum absolute atomic E-state index is 0.0237. The second kappa shape index (κ2) is 3.01. The van der Waals surface area contributed by atoms with E-state index in [0.717, 1.165) is 12.0 Å². The number of imidazole rings is 1. The summed E-state index contributed by atoms with van der Waals surface area (Å²) < 4.78 is 3.46. The molecule has 0 amide bonds. The van der Waals surface area contributed by atoms with Crippen LogP contribution in [-0.4, -0.2) is 9.13 Å². The smallest absolute Gasteiger partial charge is 0.275 e. The molecule has 1 aromatic heterocycles. The van der Waals surface area contributed by atoms with E-state index < -0.39 is 0 Å². The molecule has 0 saturated heterocycles. The molecule has 0 fully saturated rings. The molecule has 0 aliphatic carbocycles. The molecule has 0 bridgehead atoms. The third-order valence-corrected chi connectivity index (χ3v) is 2.07. The lowest BCUT2D eigenvalue weighted by molar-refractivity contribution is 0.652. The van der Waals surface area contributed by atoms with Crippen LogP contribution in [0.2, 0.25) is 0 Å². The second-order valence-electron chi connectivity index (χ2n) is 2.66. The largest absolute Gasteiger partial charge is 0.324 e. The molecule has 0 aromatic carbocycles. The molecule has 1 aromatic rings. The monoisotopic (exact) mass is 166 g/mol. The van der Waals surface area contributed by atoms with Crippen LogP contribution in [0.25, 0.3) is 13.2 Å². The van der Waals surface area contributed by atoms with Gasteiger partial charge in [0.05, 0.1) is 0 Å². The van der Waals surface area contributed by atoms with Gasteiger partial charge >= 0.3 is 0 Å². The molecule has 0 atom stereocenters. The highest BCUT2D eigenvalue weighted by Gasteiger charge is 2.02. The van der Waals surface area contributed by atoms with E-state index in [1.807, 2.05) is 18.4 Å². The Kier molecular flexibility index (Phi) is 2.22. The predicted molar refractivity (Wildman–Crippen MR) is 50.3 cm³/mol. The van der Waals surface area contributed by atoms with E-state index in [-0.39, 0.29) is 5.56 Å². The average Bonchev–Trinajstić information content (AvgIpc) is 2.25. The van der Waals surface area contributed by atoms with Gasteiger partial charge in [0, 0.05) is 13.1 Å². The van der Waals surface area contributed by atoms with Gasteiger partial charge in [-0.2, -0.15) is 0 Å². The SMILES string of the molecule is C=c1c(=O)n(CC)c(=C)n1CC. The normalized spacial score (nSPS) is 10.5. The average molecular weight is 166 g/mol. The van der Waals surface area contributed by atoms with Crippen LogP contribution < -0.4 is 16.4 Å². The van der Waals surface area contributed by atoms with Gasteiger partial charge in [-0.05, 0) is 13.8 Å². The molecule has 0 aliphatic rings. The molecule has 0 N–H and O–H groups in total. The molecule has 0 radical (unpaired) electrons. The molecule has 0 spiro atoms. The quantitative estimate of drug-likeness (QED) is 0.582. The summed E-state index contributed by atoms with van der Waals surface area (Å²) in [5.74, 6) is 0. The van der Waals surface area contributed by atoms with Gasteiger partial charge < -0.3 is 4.57 Å². The second-order valence-corrected chi connectivity index (χ2v) is 2.66. The van der Waals surface area contributed by atoms with Crippen molar-refractivity contribution in [3.8, 4) is 0 Å². The van der Waals surface area contributed by atoms with Crippen LogP contribution in [0.3, 0.4) is 0 Å². The highest BCUT2D eigenvalue weighted by atomic mass is 16.1. The molecule has 12 heavy (non-hydrogen) atoms. The van der Waals surface area contributed by atoms with Gasteiger partial charge in [-0.15, -0.1) is 0 Å². The summed E-state index contributed by atoms with van der Waals surface area (Å²) in [4.78, 5) is 11.4. The fraction of sp³-hybridized carbons (Fsp3) is 0.444. The highest BCUT2D eigenvalue weighted by Crippen LogP contribution is 1.70. The van der Waals surface area contributed by atoms with E-state index in [9.17, 15) is 4.79 Å². The molecular weight excluding hydrogens is 152 g/mol. The molecular formula is C9H14N2O. The third-order valence-electron chi connectivity index (χ3n) is 2.07. The number of hydrogen-bond acceptors (Lipinski definition) is 1. The minimum Gasteiger partial charge on any atom is -0.324 e. The summed E-state index contributed by atoms with van der Waals surface area (Å²) in [5, 5.41) is 0.532. The van der Waals surface area contributed by atoms with Crippen molar-refractivity contribution in [1.82, 2.24) is 9.13 Å². The lowest BCUT2D eigenvalue weighted by Crippen LogP contribution is -2.30. The molecule has 0 saturated carbocycles. The summed E-state index contributed by atoms with van der Waals surface area (Å²) in [6, 6.07) is 0. The number of aromatic nitrogens is 2. The Bertz CT molecular complexity index is 386. The topological polar surface area (TPSA) is 26.9 Å². The Morgan fingerprint density at radius 3 is 1.92 bits per heavy atom. The lowest BCUT2D eigenvalue weighted by Gasteiger charge is -1.97. The van der Waals surface area contributed by atoms with Crippen LogP contribution in [0.1, 0.15) is 13.8 Å². The summed E-state index contributed by atoms with van der Waals surface area (Å²) in [6.45, 7) is 12.9. The number of hydrogen-bond donors (Lipinski definition) is 0. The summed E-state index contributed by atoms with van der Waals surface area (Å²) in [7, 11) is 0. The van der Waals surface area contributed by atoms with Crippen molar-refractivity contribution in [2.24, 2.45) is 0 Å². The van der Waals surface area contributed by atoms with Crippen molar-refractivity contribution in [1.29, 1.82) is 0 Å². The van der Waals surface area contributed by atoms with E-state index in [0.29, 0.717) is 11.9 Å². The van der Waals surface area contributed by atoms with Crippen molar-refractivity contribution in [2.45, 2.75) is 26.9 Å². The van der Waals surface area contributed by atoms with Crippen molar-refractivity contribution in [3.05, 3.63) is 21.2 Å².